The number of aliphatic hydroxyl groups excluding tert-OH is 1. The minimum atomic E-state index is -0.127. The quantitative estimate of drug-likeness (QED) is 0.834. The van der Waals surface area contributed by atoms with Crippen LogP contribution in [-0.2, 0) is 4.74 Å². The van der Waals surface area contributed by atoms with Crippen molar-refractivity contribution in [1.29, 1.82) is 0 Å². The van der Waals surface area contributed by atoms with E-state index < -0.39 is 0 Å². The first-order valence-corrected chi connectivity index (χ1v) is 5.65. The summed E-state index contributed by atoms with van der Waals surface area (Å²) < 4.78 is 5.78. The fourth-order valence-corrected chi connectivity index (χ4v) is 1.98. The molecule has 0 radical (unpaired) electrons. The largest absolute Gasteiger partial charge is 0.394 e. The van der Waals surface area contributed by atoms with Gasteiger partial charge in [-0.3, -0.25) is 9.88 Å². The van der Waals surface area contributed by atoms with Gasteiger partial charge in [0, 0.05) is 18.8 Å². The molecule has 0 bridgehead atoms. The molecule has 1 fully saturated rings. The molecule has 1 aliphatic heterocycles. The summed E-state index contributed by atoms with van der Waals surface area (Å²) in [6.07, 6.45) is 1.54. The van der Waals surface area contributed by atoms with Crippen LogP contribution in [0.25, 0.3) is 0 Å². The van der Waals surface area contributed by atoms with Crippen LogP contribution in [0.5, 0.6) is 0 Å². The van der Waals surface area contributed by atoms with Gasteiger partial charge < -0.3 is 9.84 Å². The van der Waals surface area contributed by atoms with E-state index in [9.17, 15) is 0 Å². The highest BCUT2D eigenvalue weighted by Crippen LogP contribution is 2.30. The number of hydrogen-bond donors (Lipinski definition) is 1. The van der Waals surface area contributed by atoms with E-state index in [0.717, 1.165) is 12.2 Å². The number of pyridine rings is 1. The molecule has 0 aliphatic carbocycles. The highest BCUT2D eigenvalue weighted by atomic mass is 16.5. The minimum absolute atomic E-state index is 0.0621. The fourth-order valence-electron chi connectivity index (χ4n) is 1.98. The van der Waals surface area contributed by atoms with Crippen LogP contribution in [0.15, 0.2) is 24.4 Å². The summed E-state index contributed by atoms with van der Waals surface area (Å²) in [5.41, 5.74) is 0.909. The van der Waals surface area contributed by atoms with Crippen molar-refractivity contribution in [3.8, 4) is 0 Å². The van der Waals surface area contributed by atoms with E-state index in [0.29, 0.717) is 6.04 Å². The maximum Gasteiger partial charge on any atom is 0.154 e. The van der Waals surface area contributed by atoms with Gasteiger partial charge in [-0.15, -0.1) is 0 Å². The van der Waals surface area contributed by atoms with Gasteiger partial charge in [0.05, 0.1) is 18.4 Å². The lowest BCUT2D eigenvalue weighted by molar-refractivity contribution is -0.0291. The number of rotatable bonds is 3. The Bertz CT molecular complexity index is 329. The summed E-state index contributed by atoms with van der Waals surface area (Å²) in [6, 6.07) is 6.18. The summed E-state index contributed by atoms with van der Waals surface area (Å²) in [7, 11) is 0. The highest BCUT2D eigenvalue weighted by molar-refractivity contribution is 5.08. The SMILES string of the molecule is CC(C)N1CC(CO)OC1c1ccccn1. The molecule has 1 saturated heterocycles. The van der Waals surface area contributed by atoms with E-state index in [1.54, 1.807) is 6.20 Å². The van der Waals surface area contributed by atoms with E-state index in [1.807, 2.05) is 18.2 Å². The molecule has 0 spiro atoms. The molecule has 88 valence electrons. The zero-order valence-corrected chi connectivity index (χ0v) is 9.71. The number of aliphatic hydroxyl groups is 1. The molecular formula is C12H18N2O2. The molecule has 1 aromatic rings. The average Bonchev–Trinajstić information content (AvgIpc) is 2.74. The van der Waals surface area contributed by atoms with Crippen molar-refractivity contribution in [1.82, 2.24) is 9.88 Å². The maximum absolute atomic E-state index is 9.16. The summed E-state index contributed by atoms with van der Waals surface area (Å²) >= 11 is 0. The van der Waals surface area contributed by atoms with Gasteiger partial charge in [0.1, 0.15) is 0 Å². The van der Waals surface area contributed by atoms with E-state index in [4.69, 9.17) is 9.84 Å². The Morgan fingerprint density at radius 1 is 1.56 bits per heavy atom. The summed E-state index contributed by atoms with van der Waals surface area (Å²) in [5, 5.41) is 9.16. The lowest BCUT2D eigenvalue weighted by Crippen LogP contribution is -2.32. The van der Waals surface area contributed by atoms with Gasteiger partial charge in [-0.25, -0.2) is 0 Å². The predicted octanol–water partition coefficient (Wildman–Crippen LogP) is 1.18. The maximum atomic E-state index is 9.16. The standard InChI is InChI=1S/C12H18N2O2/c1-9(2)14-7-10(8-15)16-12(14)11-5-3-4-6-13-11/h3-6,9-10,12,15H,7-8H2,1-2H3. The lowest BCUT2D eigenvalue weighted by atomic mass is 10.2. The van der Waals surface area contributed by atoms with Crippen LogP contribution in [0, 0.1) is 0 Å². The third kappa shape index (κ3) is 2.24. The Morgan fingerprint density at radius 3 is 2.94 bits per heavy atom. The van der Waals surface area contributed by atoms with E-state index in [2.05, 4.69) is 23.7 Å². The second kappa shape index (κ2) is 4.91. The summed E-state index contributed by atoms with van der Waals surface area (Å²) in [6.45, 7) is 5.07. The monoisotopic (exact) mass is 222 g/mol. The van der Waals surface area contributed by atoms with E-state index >= 15 is 0 Å². The third-order valence-electron chi connectivity index (χ3n) is 2.84. The van der Waals surface area contributed by atoms with Crippen LogP contribution in [0.4, 0.5) is 0 Å². The van der Waals surface area contributed by atoms with Crippen LogP contribution in [0.2, 0.25) is 0 Å². The average molecular weight is 222 g/mol. The molecule has 16 heavy (non-hydrogen) atoms. The van der Waals surface area contributed by atoms with Gasteiger partial charge in [-0.05, 0) is 26.0 Å². The number of ether oxygens (including phenoxy) is 1. The minimum Gasteiger partial charge on any atom is -0.394 e. The molecule has 1 aliphatic rings. The number of hydrogen-bond acceptors (Lipinski definition) is 4. The molecule has 2 rings (SSSR count). The second-order valence-electron chi connectivity index (χ2n) is 4.34. The highest BCUT2D eigenvalue weighted by Gasteiger charge is 2.35. The Balaban J connectivity index is 2.19. The van der Waals surface area contributed by atoms with Gasteiger partial charge in [0.2, 0.25) is 0 Å². The molecule has 2 atom stereocenters. The molecule has 4 nitrogen and oxygen atoms in total. The van der Waals surface area contributed by atoms with Crippen molar-refractivity contribution in [3.05, 3.63) is 30.1 Å². The molecular weight excluding hydrogens is 204 g/mol. The molecule has 4 heteroatoms. The Labute approximate surface area is 95.9 Å². The molecule has 2 heterocycles. The van der Waals surface area contributed by atoms with Crippen LogP contribution in [0.1, 0.15) is 25.8 Å². The van der Waals surface area contributed by atoms with Crippen molar-refractivity contribution < 1.29 is 9.84 Å². The van der Waals surface area contributed by atoms with E-state index in [-0.39, 0.29) is 18.9 Å². The normalized spacial score (nSPS) is 26.5. The Kier molecular flexibility index (Phi) is 3.53. The summed E-state index contributed by atoms with van der Waals surface area (Å²) in [5.74, 6) is 0. The first-order valence-electron chi connectivity index (χ1n) is 5.65. The molecule has 2 unspecified atom stereocenters. The van der Waals surface area contributed by atoms with Crippen molar-refractivity contribution in [3.63, 3.8) is 0 Å². The Hall–Kier alpha value is -0.970. The van der Waals surface area contributed by atoms with Gasteiger partial charge >= 0.3 is 0 Å². The fraction of sp³-hybridized carbons (Fsp3) is 0.583. The number of aromatic nitrogens is 1. The van der Waals surface area contributed by atoms with Crippen molar-refractivity contribution in [2.45, 2.75) is 32.2 Å². The van der Waals surface area contributed by atoms with Crippen molar-refractivity contribution in [2.75, 3.05) is 13.2 Å². The zero-order chi connectivity index (χ0) is 11.5. The molecule has 0 aromatic carbocycles. The smallest absolute Gasteiger partial charge is 0.154 e. The van der Waals surface area contributed by atoms with Crippen LogP contribution < -0.4 is 0 Å². The third-order valence-corrected chi connectivity index (χ3v) is 2.84. The number of nitrogens with zero attached hydrogens (tertiary/aromatic N) is 2. The molecule has 1 aromatic heterocycles. The first kappa shape index (κ1) is 11.5. The topological polar surface area (TPSA) is 45.6 Å². The predicted molar refractivity (Wildman–Crippen MR) is 60.8 cm³/mol. The van der Waals surface area contributed by atoms with Crippen LogP contribution >= 0.6 is 0 Å². The van der Waals surface area contributed by atoms with Crippen molar-refractivity contribution in [2.24, 2.45) is 0 Å². The zero-order valence-electron chi connectivity index (χ0n) is 9.71. The van der Waals surface area contributed by atoms with Gasteiger partial charge in [0.15, 0.2) is 6.23 Å². The van der Waals surface area contributed by atoms with Crippen LogP contribution in [0.3, 0.4) is 0 Å². The van der Waals surface area contributed by atoms with Gasteiger partial charge in [0.25, 0.3) is 0 Å². The van der Waals surface area contributed by atoms with Gasteiger partial charge in [-0.1, -0.05) is 6.07 Å². The van der Waals surface area contributed by atoms with Crippen LogP contribution in [-0.4, -0.2) is 40.3 Å². The van der Waals surface area contributed by atoms with Gasteiger partial charge in [-0.2, -0.15) is 0 Å². The second-order valence-corrected chi connectivity index (χ2v) is 4.34. The molecule has 1 N–H and O–H groups in total. The van der Waals surface area contributed by atoms with Crippen molar-refractivity contribution >= 4 is 0 Å². The lowest BCUT2D eigenvalue weighted by Gasteiger charge is -2.25. The molecule has 0 amide bonds. The molecule has 0 saturated carbocycles. The summed E-state index contributed by atoms with van der Waals surface area (Å²) in [4.78, 5) is 6.53. The van der Waals surface area contributed by atoms with E-state index in [1.165, 1.54) is 0 Å². The Morgan fingerprint density at radius 2 is 2.38 bits per heavy atom. The first-order chi connectivity index (χ1) is 7.72.